The van der Waals surface area contributed by atoms with Crippen molar-refractivity contribution < 1.29 is 5.11 Å². The highest BCUT2D eigenvalue weighted by atomic mass is 35.5. The number of hydrogen-bond acceptors (Lipinski definition) is 1. The second-order valence-corrected chi connectivity index (χ2v) is 5.26. The molecular weight excluding hydrogens is 246 g/mol. The standard InChI is InChI=1S/C15H20ClNO/c1-4-5-8-17-13-7-6-10(2)9-12(13)14(11(3)18)15(17)16/h6-7,9,11,18H,4-5,8H2,1-3H3. The van der Waals surface area contributed by atoms with Crippen LogP contribution in [0.5, 0.6) is 0 Å². The zero-order valence-corrected chi connectivity index (χ0v) is 12.0. The molecule has 1 atom stereocenters. The van der Waals surface area contributed by atoms with Gasteiger partial charge in [-0.2, -0.15) is 0 Å². The van der Waals surface area contributed by atoms with E-state index in [4.69, 9.17) is 11.6 Å². The molecule has 0 spiro atoms. The molecule has 1 N–H and O–H groups in total. The number of halogens is 1. The van der Waals surface area contributed by atoms with Crippen LogP contribution in [-0.2, 0) is 6.54 Å². The Kier molecular flexibility index (Phi) is 3.98. The van der Waals surface area contributed by atoms with E-state index in [0.29, 0.717) is 5.15 Å². The van der Waals surface area contributed by atoms with Gasteiger partial charge in [-0.05, 0) is 32.4 Å². The maximum atomic E-state index is 9.93. The van der Waals surface area contributed by atoms with Crippen molar-refractivity contribution in [3.63, 3.8) is 0 Å². The predicted octanol–water partition coefficient (Wildman–Crippen LogP) is 4.46. The van der Waals surface area contributed by atoms with Crippen molar-refractivity contribution in [3.05, 3.63) is 34.5 Å². The van der Waals surface area contributed by atoms with Gasteiger partial charge in [-0.15, -0.1) is 0 Å². The molecule has 0 saturated heterocycles. The summed E-state index contributed by atoms with van der Waals surface area (Å²) in [7, 11) is 0. The lowest BCUT2D eigenvalue weighted by Crippen LogP contribution is -1.98. The molecule has 0 bridgehead atoms. The molecule has 1 heterocycles. The number of aryl methyl sites for hydroxylation is 2. The molecule has 0 amide bonds. The molecule has 2 rings (SSSR count). The highest BCUT2D eigenvalue weighted by Gasteiger charge is 2.18. The Morgan fingerprint density at radius 2 is 2.11 bits per heavy atom. The van der Waals surface area contributed by atoms with Crippen LogP contribution >= 0.6 is 11.6 Å². The van der Waals surface area contributed by atoms with Crippen LogP contribution in [0.2, 0.25) is 5.15 Å². The lowest BCUT2D eigenvalue weighted by molar-refractivity contribution is 0.200. The summed E-state index contributed by atoms with van der Waals surface area (Å²) in [4.78, 5) is 0. The monoisotopic (exact) mass is 265 g/mol. The molecule has 0 aliphatic heterocycles. The fraction of sp³-hybridized carbons (Fsp3) is 0.467. The Morgan fingerprint density at radius 3 is 2.72 bits per heavy atom. The normalized spacial score (nSPS) is 13.2. The van der Waals surface area contributed by atoms with E-state index in [2.05, 4.69) is 36.6 Å². The van der Waals surface area contributed by atoms with Gasteiger partial charge in [0.15, 0.2) is 0 Å². The summed E-state index contributed by atoms with van der Waals surface area (Å²) in [5.74, 6) is 0. The Balaban J connectivity index is 2.66. The van der Waals surface area contributed by atoms with Crippen LogP contribution in [0.15, 0.2) is 18.2 Å². The van der Waals surface area contributed by atoms with Crippen molar-refractivity contribution in [1.82, 2.24) is 4.57 Å². The molecule has 0 fully saturated rings. The van der Waals surface area contributed by atoms with Gasteiger partial charge in [0, 0.05) is 23.0 Å². The first-order chi connectivity index (χ1) is 8.56. The van der Waals surface area contributed by atoms with E-state index >= 15 is 0 Å². The Labute approximate surface area is 113 Å². The largest absolute Gasteiger partial charge is 0.389 e. The van der Waals surface area contributed by atoms with Crippen molar-refractivity contribution in [3.8, 4) is 0 Å². The number of rotatable bonds is 4. The molecule has 1 aromatic carbocycles. The smallest absolute Gasteiger partial charge is 0.115 e. The van der Waals surface area contributed by atoms with Gasteiger partial charge in [-0.1, -0.05) is 36.6 Å². The number of unbranched alkanes of at least 4 members (excludes halogenated alkanes) is 1. The molecule has 0 saturated carbocycles. The van der Waals surface area contributed by atoms with Crippen LogP contribution < -0.4 is 0 Å². The van der Waals surface area contributed by atoms with Gasteiger partial charge in [0.1, 0.15) is 5.15 Å². The fourth-order valence-electron chi connectivity index (χ4n) is 2.40. The van der Waals surface area contributed by atoms with Gasteiger partial charge in [0.05, 0.1) is 6.10 Å². The first-order valence-electron chi connectivity index (χ1n) is 6.52. The van der Waals surface area contributed by atoms with Gasteiger partial charge in [-0.3, -0.25) is 0 Å². The summed E-state index contributed by atoms with van der Waals surface area (Å²) < 4.78 is 2.11. The van der Waals surface area contributed by atoms with E-state index < -0.39 is 6.10 Å². The topological polar surface area (TPSA) is 25.2 Å². The van der Waals surface area contributed by atoms with Crippen LogP contribution in [0.25, 0.3) is 10.9 Å². The summed E-state index contributed by atoms with van der Waals surface area (Å²) >= 11 is 6.44. The van der Waals surface area contributed by atoms with Crippen molar-refractivity contribution in [2.45, 2.75) is 46.3 Å². The summed E-state index contributed by atoms with van der Waals surface area (Å²) in [5, 5.41) is 11.7. The number of nitrogens with zero attached hydrogens (tertiary/aromatic N) is 1. The summed E-state index contributed by atoms with van der Waals surface area (Å²) in [6.45, 7) is 6.90. The van der Waals surface area contributed by atoms with Gasteiger partial charge in [0.25, 0.3) is 0 Å². The minimum Gasteiger partial charge on any atom is -0.389 e. The number of benzene rings is 1. The number of aromatic nitrogens is 1. The fourth-order valence-corrected chi connectivity index (χ4v) is 2.83. The highest BCUT2D eigenvalue weighted by Crippen LogP contribution is 2.35. The van der Waals surface area contributed by atoms with Crippen LogP contribution in [0.3, 0.4) is 0 Å². The summed E-state index contributed by atoms with van der Waals surface area (Å²) in [6.07, 6.45) is 1.69. The van der Waals surface area contributed by atoms with E-state index in [1.165, 1.54) is 5.56 Å². The predicted molar refractivity (Wildman–Crippen MR) is 77.2 cm³/mol. The van der Waals surface area contributed by atoms with Crippen molar-refractivity contribution in [1.29, 1.82) is 0 Å². The van der Waals surface area contributed by atoms with Crippen LogP contribution in [-0.4, -0.2) is 9.67 Å². The Morgan fingerprint density at radius 1 is 1.39 bits per heavy atom. The molecule has 18 heavy (non-hydrogen) atoms. The van der Waals surface area contributed by atoms with E-state index in [1.54, 1.807) is 6.92 Å². The molecule has 1 aromatic heterocycles. The molecule has 2 aromatic rings. The second kappa shape index (κ2) is 5.33. The van der Waals surface area contributed by atoms with E-state index in [0.717, 1.165) is 35.9 Å². The van der Waals surface area contributed by atoms with E-state index in [1.807, 2.05) is 0 Å². The van der Waals surface area contributed by atoms with Crippen molar-refractivity contribution in [2.24, 2.45) is 0 Å². The van der Waals surface area contributed by atoms with Gasteiger partial charge in [0.2, 0.25) is 0 Å². The van der Waals surface area contributed by atoms with Crippen molar-refractivity contribution >= 4 is 22.5 Å². The lowest BCUT2D eigenvalue weighted by atomic mass is 10.1. The number of aliphatic hydroxyl groups is 1. The second-order valence-electron chi connectivity index (χ2n) is 4.91. The number of aliphatic hydroxyl groups excluding tert-OH is 1. The highest BCUT2D eigenvalue weighted by molar-refractivity contribution is 6.32. The Hall–Kier alpha value is -0.990. The van der Waals surface area contributed by atoms with Gasteiger partial charge >= 0.3 is 0 Å². The first-order valence-corrected chi connectivity index (χ1v) is 6.90. The van der Waals surface area contributed by atoms with Crippen LogP contribution in [0, 0.1) is 6.92 Å². The molecule has 0 aliphatic carbocycles. The van der Waals surface area contributed by atoms with Gasteiger partial charge < -0.3 is 9.67 Å². The third-order valence-electron chi connectivity index (χ3n) is 3.35. The Bertz CT molecular complexity index is 557. The van der Waals surface area contributed by atoms with E-state index in [-0.39, 0.29) is 0 Å². The average Bonchev–Trinajstić information content (AvgIpc) is 2.58. The molecule has 2 nitrogen and oxygen atoms in total. The SMILES string of the molecule is CCCCn1c(Cl)c(C(C)O)c2cc(C)ccc21. The maximum absolute atomic E-state index is 9.93. The summed E-state index contributed by atoms with van der Waals surface area (Å²) in [6, 6.07) is 6.29. The van der Waals surface area contributed by atoms with Gasteiger partial charge in [-0.25, -0.2) is 0 Å². The maximum Gasteiger partial charge on any atom is 0.115 e. The van der Waals surface area contributed by atoms with Crippen molar-refractivity contribution in [2.75, 3.05) is 0 Å². The molecule has 1 unspecified atom stereocenters. The quantitative estimate of drug-likeness (QED) is 0.868. The lowest BCUT2D eigenvalue weighted by Gasteiger charge is -2.07. The molecule has 0 radical (unpaired) electrons. The minimum absolute atomic E-state index is 0.537. The number of fused-ring (bicyclic) bond motifs is 1. The molecule has 0 aliphatic rings. The summed E-state index contributed by atoms with van der Waals surface area (Å²) in [5.41, 5.74) is 3.16. The minimum atomic E-state index is -0.537. The van der Waals surface area contributed by atoms with Crippen LogP contribution in [0.4, 0.5) is 0 Å². The molecular formula is C15H20ClNO. The van der Waals surface area contributed by atoms with E-state index in [9.17, 15) is 5.11 Å². The zero-order chi connectivity index (χ0) is 13.3. The molecule has 98 valence electrons. The third-order valence-corrected chi connectivity index (χ3v) is 3.75. The third kappa shape index (κ3) is 2.27. The first kappa shape index (κ1) is 13.4. The van der Waals surface area contributed by atoms with Crippen LogP contribution in [0.1, 0.15) is 43.9 Å². The molecule has 3 heteroatoms. The number of hydrogen-bond donors (Lipinski definition) is 1. The average molecular weight is 266 g/mol. The zero-order valence-electron chi connectivity index (χ0n) is 11.2.